The topological polar surface area (TPSA) is 213 Å². The normalized spacial score (nSPS) is 10.8. The monoisotopic (exact) mass is 926 g/mol. The van der Waals surface area contributed by atoms with Crippen molar-refractivity contribution in [3.05, 3.63) is 74.4 Å². The van der Waals surface area contributed by atoms with Gasteiger partial charge in [0.25, 0.3) is 0 Å². The van der Waals surface area contributed by atoms with Crippen molar-refractivity contribution in [3.8, 4) is 0 Å². The van der Waals surface area contributed by atoms with E-state index in [4.69, 9.17) is 56.8 Å². The summed E-state index contributed by atoms with van der Waals surface area (Å²) in [4.78, 5) is 67.5. The Labute approximate surface area is 385 Å². The molecule has 0 atom stereocenters. The summed E-state index contributed by atoms with van der Waals surface area (Å²) in [6.45, 7) is 33.8. The maximum Gasteiger partial charge on any atom is 0.333 e. The molecule has 65 heavy (non-hydrogen) atoms. The van der Waals surface area contributed by atoms with Crippen molar-refractivity contribution in [2.45, 2.75) is 60.3 Å². The Balaban J connectivity index is 0. The molecule has 0 N–H and O–H groups in total. The predicted molar refractivity (Wildman–Crippen MR) is 240 cm³/mol. The van der Waals surface area contributed by atoms with Crippen molar-refractivity contribution in [3.63, 3.8) is 0 Å². The minimum atomic E-state index is -0.506. The van der Waals surface area contributed by atoms with Gasteiger partial charge in [-0.3, -0.25) is 0 Å². The molecule has 18 nitrogen and oxygen atoms in total. The molecule has 0 aromatic carbocycles. The predicted octanol–water partition coefficient (Wildman–Crippen LogP) is 5.19. The van der Waals surface area contributed by atoms with E-state index in [0.29, 0.717) is 69.2 Å². The highest BCUT2D eigenvalue weighted by Gasteiger charge is 2.30. The van der Waals surface area contributed by atoms with Crippen molar-refractivity contribution in [1.82, 2.24) is 0 Å². The average Bonchev–Trinajstić information content (AvgIpc) is 3.29. The third-order valence-electron chi connectivity index (χ3n) is 9.03. The summed E-state index contributed by atoms with van der Waals surface area (Å²) in [5.74, 6) is -2.88. The van der Waals surface area contributed by atoms with E-state index < -0.39 is 35.8 Å². The number of carbonyl (C=O) groups is 6. The van der Waals surface area contributed by atoms with Crippen LogP contribution in [0, 0.1) is 10.8 Å². The van der Waals surface area contributed by atoms with Crippen LogP contribution in [0.5, 0.6) is 0 Å². The number of rotatable bonds is 40. The summed E-state index contributed by atoms with van der Waals surface area (Å²) < 4.78 is 63.8. The van der Waals surface area contributed by atoms with Crippen molar-refractivity contribution >= 4 is 35.8 Å². The van der Waals surface area contributed by atoms with E-state index in [-0.39, 0.29) is 90.1 Å². The lowest BCUT2D eigenvalue weighted by molar-refractivity contribution is -0.143. The molecule has 0 aromatic rings. The zero-order valence-corrected chi connectivity index (χ0v) is 39.4. The van der Waals surface area contributed by atoms with E-state index in [1.54, 1.807) is 20.8 Å². The fourth-order valence-corrected chi connectivity index (χ4v) is 4.80. The number of esters is 6. The van der Waals surface area contributed by atoms with Crippen LogP contribution in [0.4, 0.5) is 0 Å². The highest BCUT2D eigenvalue weighted by atomic mass is 16.6. The van der Waals surface area contributed by atoms with Crippen molar-refractivity contribution in [2.24, 2.45) is 10.8 Å². The molecule has 0 aliphatic carbocycles. The Morgan fingerprint density at radius 1 is 0.369 bits per heavy atom. The standard InChI is InChI=1S/C25H40O9.C22H34O9/c1-8-25(17-30-12-15-33-23(27)20(4)5,18-31-13-16-34-24(28)21(6)7)9-10-29-11-14-32-22(26)19(2)3;1-5-19(23)29-14-11-26-10-9-22(8-4,17-27-12-15-30-20(24)6-2)18-28-13-16-31-21(25)7-3/h2,4,6,8-18H2,1,3,5,7H3;5-7H,1-3,8-18H2,4H3. The van der Waals surface area contributed by atoms with E-state index in [1.165, 1.54) is 0 Å². The molecule has 0 amide bonds. The fourth-order valence-electron chi connectivity index (χ4n) is 4.80. The number of carbonyl (C=O) groups excluding carboxylic acids is 6. The molecule has 0 radical (unpaired) electrons. The molecule has 0 unspecified atom stereocenters. The molecular formula is C47H74O18. The van der Waals surface area contributed by atoms with Crippen LogP contribution in [0.3, 0.4) is 0 Å². The van der Waals surface area contributed by atoms with Gasteiger partial charge in [0.1, 0.15) is 39.6 Å². The van der Waals surface area contributed by atoms with Crippen LogP contribution < -0.4 is 0 Å². The van der Waals surface area contributed by atoms with E-state index in [1.807, 2.05) is 13.8 Å². The largest absolute Gasteiger partial charge is 0.460 e. The summed E-state index contributed by atoms with van der Waals surface area (Å²) in [6, 6.07) is 0. The SMILES string of the molecule is C=C(C)C(=O)OCCOCCC(CC)(COCCOC(=O)C(=C)C)COCCOC(=O)C(=C)C.C=CC(=O)OCCOCCC(CC)(COCCOC(=O)C=C)COCCOC(=O)C=C. The van der Waals surface area contributed by atoms with E-state index >= 15 is 0 Å². The number of ether oxygens (including phenoxy) is 12. The first kappa shape index (κ1) is 62.1. The van der Waals surface area contributed by atoms with Gasteiger partial charge in [-0.05, 0) is 46.5 Å². The zero-order valence-electron chi connectivity index (χ0n) is 39.4. The third kappa shape index (κ3) is 34.1. The highest BCUT2D eigenvalue weighted by Crippen LogP contribution is 2.29. The van der Waals surface area contributed by atoms with Gasteiger partial charge in [0.15, 0.2) is 0 Å². The Bertz CT molecular complexity index is 1420. The first-order valence-corrected chi connectivity index (χ1v) is 21.3. The van der Waals surface area contributed by atoms with Crippen LogP contribution in [0.1, 0.15) is 60.3 Å². The van der Waals surface area contributed by atoms with Gasteiger partial charge in [-0.2, -0.15) is 0 Å². The molecule has 0 spiro atoms. The minimum absolute atomic E-state index is 0.119. The molecule has 0 bridgehead atoms. The van der Waals surface area contributed by atoms with Crippen molar-refractivity contribution < 1.29 is 85.6 Å². The first-order valence-electron chi connectivity index (χ1n) is 21.3. The molecule has 0 rings (SSSR count). The Morgan fingerprint density at radius 2 is 0.600 bits per heavy atom. The third-order valence-corrected chi connectivity index (χ3v) is 9.03. The maximum absolute atomic E-state index is 11.5. The smallest absolute Gasteiger partial charge is 0.333 e. The number of hydrogen-bond acceptors (Lipinski definition) is 18. The lowest BCUT2D eigenvalue weighted by atomic mass is 9.83. The van der Waals surface area contributed by atoms with Gasteiger partial charge >= 0.3 is 35.8 Å². The Kier molecular flexibility index (Phi) is 37.6. The van der Waals surface area contributed by atoms with Crippen LogP contribution in [-0.2, 0) is 85.6 Å². The Hall–Kier alpha value is -4.98. The maximum atomic E-state index is 11.5. The lowest BCUT2D eigenvalue weighted by Gasteiger charge is -2.32. The second kappa shape index (κ2) is 39.4. The molecule has 0 fully saturated rings. The molecule has 0 aliphatic heterocycles. The van der Waals surface area contributed by atoms with Crippen LogP contribution in [0.25, 0.3) is 0 Å². The van der Waals surface area contributed by atoms with Gasteiger partial charge < -0.3 is 56.8 Å². The molecular weight excluding hydrogens is 852 g/mol. The molecule has 0 aliphatic rings. The van der Waals surface area contributed by atoms with Gasteiger partial charge in [-0.1, -0.05) is 53.3 Å². The van der Waals surface area contributed by atoms with E-state index in [2.05, 4.69) is 39.5 Å². The fraction of sp³-hybridized carbons (Fsp3) is 0.617. The number of hydrogen-bond donors (Lipinski definition) is 0. The molecule has 0 aromatic heterocycles. The molecule has 0 saturated heterocycles. The molecule has 0 saturated carbocycles. The van der Waals surface area contributed by atoms with Gasteiger partial charge in [0, 0.05) is 59.0 Å². The molecule has 18 heteroatoms. The summed E-state index contributed by atoms with van der Waals surface area (Å²) in [5.41, 5.74) is 0.264. The van der Waals surface area contributed by atoms with Crippen LogP contribution >= 0.6 is 0 Å². The quantitative estimate of drug-likeness (QED) is 0.0335. The van der Waals surface area contributed by atoms with Gasteiger partial charge in [-0.25, -0.2) is 28.8 Å². The lowest BCUT2D eigenvalue weighted by Crippen LogP contribution is -2.34. The second-order valence-corrected chi connectivity index (χ2v) is 14.5. The van der Waals surface area contributed by atoms with Crippen molar-refractivity contribution in [1.29, 1.82) is 0 Å². The first-order chi connectivity index (χ1) is 31.0. The van der Waals surface area contributed by atoms with Gasteiger partial charge in [0.05, 0.1) is 66.1 Å². The Morgan fingerprint density at radius 3 is 0.815 bits per heavy atom. The molecule has 0 heterocycles. The second-order valence-electron chi connectivity index (χ2n) is 14.5. The average molecular weight is 927 g/mol. The van der Waals surface area contributed by atoms with E-state index in [9.17, 15) is 28.8 Å². The summed E-state index contributed by atoms with van der Waals surface area (Å²) >= 11 is 0. The van der Waals surface area contributed by atoms with Crippen LogP contribution in [-0.4, -0.2) is 155 Å². The van der Waals surface area contributed by atoms with E-state index in [0.717, 1.165) is 31.1 Å². The summed E-state index contributed by atoms with van der Waals surface area (Å²) in [5, 5.41) is 0. The zero-order chi connectivity index (χ0) is 49.4. The van der Waals surface area contributed by atoms with Gasteiger partial charge in [0.2, 0.25) is 0 Å². The van der Waals surface area contributed by atoms with Crippen LogP contribution in [0.15, 0.2) is 74.4 Å². The molecule has 370 valence electrons. The van der Waals surface area contributed by atoms with Crippen LogP contribution in [0.2, 0.25) is 0 Å². The minimum Gasteiger partial charge on any atom is -0.460 e. The summed E-state index contributed by atoms with van der Waals surface area (Å²) in [7, 11) is 0. The van der Waals surface area contributed by atoms with Crippen molar-refractivity contribution in [2.75, 3.05) is 119 Å². The summed E-state index contributed by atoms with van der Waals surface area (Å²) in [6.07, 6.45) is 5.99. The highest BCUT2D eigenvalue weighted by molar-refractivity contribution is 5.87. The van der Waals surface area contributed by atoms with Gasteiger partial charge in [-0.15, -0.1) is 0 Å².